The van der Waals surface area contributed by atoms with Crippen molar-refractivity contribution in [3.8, 4) is 11.1 Å². The van der Waals surface area contributed by atoms with Crippen molar-refractivity contribution in [1.82, 2.24) is 30.3 Å². The van der Waals surface area contributed by atoms with Crippen LogP contribution < -0.4 is 10.6 Å². The van der Waals surface area contributed by atoms with E-state index >= 15 is 4.39 Å². The van der Waals surface area contributed by atoms with Gasteiger partial charge in [0.15, 0.2) is 0 Å². The molecule has 3 aromatic rings. The fourth-order valence-corrected chi connectivity index (χ4v) is 7.27. The van der Waals surface area contributed by atoms with E-state index in [1.807, 2.05) is 27.7 Å². The molecule has 9 nitrogen and oxygen atoms in total. The van der Waals surface area contributed by atoms with E-state index in [0.717, 1.165) is 57.1 Å². The van der Waals surface area contributed by atoms with Gasteiger partial charge in [-0.3, -0.25) is 19.4 Å². The van der Waals surface area contributed by atoms with Crippen LogP contribution in [0, 0.1) is 37.5 Å². The van der Waals surface area contributed by atoms with Crippen LogP contribution in [0.25, 0.3) is 11.1 Å². The third-order valence-electron chi connectivity index (χ3n) is 9.23. The van der Waals surface area contributed by atoms with E-state index in [1.165, 1.54) is 12.8 Å². The van der Waals surface area contributed by atoms with Crippen molar-refractivity contribution in [2.45, 2.75) is 104 Å². The average Bonchev–Trinajstić information content (AvgIpc) is 3.61. The molecular weight excluding hydrogens is 533 g/mol. The van der Waals surface area contributed by atoms with Crippen molar-refractivity contribution >= 4 is 17.6 Å². The first-order valence-electron chi connectivity index (χ1n) is 15.6. The lowest BCUT2D eigenvalue weighted by Gasteiger charge is -2.42. The summed E-state index contributed by atoms with van der Waals surface area (Å²) in [7, 11) is 0. The Labute approximate surface area is 247 Å². The van der Waals surface area contributed by atoms with Crippen molar-refractivity contribution < 1.29 is 14.0 Å². The smallest absolute Gasteiger partial charge is 0.270 e. The molecule has 5 rings (SSSR count). The summed E-state index contributed by atoms with van der Waals surface area (Å²) in [6, 6.07) is 4.15. The van der Waals surface area contributed by atoms with Gasteiger partial charge in [0.05, 0.1) is 5.69 Å². The molecule has 42 heavy (non-hydrogen) atoms. The second-order valence-corrected chi connectivity index (χ2v) is 12.4. The van der Waals surface area contributed by atoms with Gasteiger partial charge in [-0.1, -0.05) is 64.2 Å². The first kappa shape index (κ1) is 29.9. The second-order valence-electron chi connectivity index (χ2n) is 12.4. The van der Waals surface area contributed by atoms with E-state index in [-0.39, 0.29) is 29.6 Å². The molecule has 2 amide bonds. The van der Waals surface area contributed by atoms with Gasteiger partial charge in [0.2, 0.25) is 11.9 Å². The van der Waals surface area contributed by atoms with Crippen LogP contribution in [0.3, 0.4) is 0 Å². The summed E-state index contributed by atoms with van der Waals surface area (Å²) in [6.07, 6.45) is 12.8. The highest BCUT2D eigenvalue weighted by Gasteiger charge is 2.41. The van der Waals surface area contributed by atoms with E-state index in [9.17, 15) is 9.59 Å². The molecule has 226 valence electrons. The predicted octanol–water partition coefficient (Wildman–Crippen LogP) is 6.52. The molecule has 2 aliphatic rings. The number of nitrogens with one attached hydrogen (secondary N) is 3. The summed E-state index contributed by atoms with van der Waals surface area (Å²) < 4.78 is 17.0. The number of hydrogen-bond acceptors (Lipinski definition) is 5. The van der Waals surface area contributed by atoms with Gasteiger partial charge in [-0.05, 0) is 63.6 Å². The summed E-state index contributed by atoms with van der Waals surface area (Å²) in [6.45, 7) is 7.58. The third kappa shape index (κ3) is 6.42. The minimum atomic E-state index is -0.776. The zero-order chi connectivity index (χ0) is 29.8. The van der Waals surface area contributed by atoms with E-state index < -0.39 is 12.0 Å². The van der Waals surface area contributed by atoms with E-state index in [4.69, 9.17) is 0 Å². The quantitative estimate of drug-likeness (QED) is 0.250. The van der Waals surface area contributed by atoms with Crippen LogP contribution in [0.1, 0.15) is 106 Å². The number of aromatic amines is 1. The number of halogens is 1. The van der Waals surface area contributed by atoms with Gasteiger partial charge >= 0.3 is 0 Å². The predicted molar refractivity (Wildman–Crippen MR) is 160 cm³/mol. The van der Waals surface area contributed by atoms with Crippen molar-refractivity contribution in [3.63, 3.8) is 0 Å². The van der Waals surface area contributed by atoms with Crippen LogP contribution in [0.5, 0.6) is 0 Å². The highest BCUT2D eigenvalue weighted by molar-refractivity contribution is 6.00. The van der Waals surface area contributed by atoms with Crippen molar-refractivity contribution in [1.29, 1.82) is 0 Å². The number of rotatable bonds is 9. The Morgan fingerprint density at radius 1 is 0.976 bits per heavy atom. The molecule has 3 aromatic heterocycles. The molecule has 0 bridgehead atoms. The standard InChI is InChI=1S/C32H44FN7O2/c1-19(2)40-25(17-18-34-40)31(41)37-29(28(22-11-7-5-8-12-22)23-13-9-6-10-14-23)32(42)36-26-16-15-24(30(33)35-26)27-20(3)38-39-21(27)4/h15-19,22-23,28-29H,5-14H2,1-4H3,(H,37,41)(H,38,39)(H,35,36,42)/t29-/m0/s1. The van der Waals surface area contributed by atoms with Crippen LogP contribution >= 0.6 is 0 Å². The zero-order valence-corrected chi connectivity index (χ0v) is 25.3. The second kappa shape index (κ2) is 13.2. The maximum Gasteiger partial charge on any atom is 0.270 e. The van der Waals surface area contributed by atoms with Gasteiger partial charge in [0.25, 0.3) is 5.91 Å². The monoisotopic (exact) mass is 577 g/mol. The Hall–Kier alpha value is -3.56. The molecule has 0 aliphatic heterocycles. The summed E-state index contributed by atoms with van der Waals surface area (Å²) in [4.78, 5) is 32.0. The van der Waals surface area contributed by atoms with E-state index in [2.05, 4.69) is 30.9 Å². The molecule has 3 N–H and O–H groups in total. The Bertz CT molecular complexity index is 1350. The minimum Gasteiger partial charge on any atom is -0.339 e. The molecule has 0 unspecified atom stereocenters. The van der Waals surface area contributed by atoms with Gasteiger partial charge in [-0.25, -0.2) is 4.98 Å². The Morgan fingerprint density at radius 3 is 2.17 bits per heavy atom. The molecule has 3 heterocycles. The molecule has 1 atom stereocenters. The van der Waals surface area contributed by atoms with Gasteiger partial charge < -0.3 is 10.6 Å². The molecule has 0 spiro atoms. The lowest BCUT2D eigenvalue weighted by atomic mass is 9.66. The highest BCUT2D eigenvalue weighted by atomic mass is 19.1. The number of pyridine rings is 1. The van der Waals surface area contributed by atoms with Gasteiger partial charge in [-0.2, -0.15) is 14.6 Å². The number of nitrogens with zero attached hydrogens (tertiary/aromatic N) is 4. The normalized spacial score (nSPS) is 17.5. The molecule has 0 saturated heterocycles. The third-order valence-corrected chi connectivity index (χ3v) is 9.23. The SMILES string of the molecule is Cc1n[nH]c(C)c1-c1ccc(NC(=O)[C@@H](NC(=O)c2ccnn2C(C)C)C(C2CCCCC2)C2CCCCC2)nc1F. The zero-order valence-electron chi connectivity index (χ0n) is 25.3. The fraction of sp³-hybridized carbons (Fsp3) is 0.594. The Morgan fingerprint density at radius 2 is 1.62 bits per heavy atom. The van der Waals surface area contributed by atoms with Gasteiger partial charge in [0.1, 0.15) is 17.6 Å². The Balaban J connectivity index is 1.46. The first-order valence-corrected chi connectivity index (χ1v) is 15.6. The van der Waals surface area contributed by atoms with E-state index in [0.29, 0.717) is 34.4 Å². The molecule has 2 saturated carbocycles. The topological polar surface area (TPSA) is 118 Å². The number of H-pyrrole nitrogens is 1. The van der Waals surface area contributed by atoms with Crippen molar-refractivity contribution in [3.05, 3.63) is 47.4 Å². The lowest BCUT2D eigenvalue weighted by Crippen LogP contribution is -2.53. The van der Waals surface area contributed by atoms with Gasteiger partial charge in [-0.15, -0.1) is 0 Å². The summed E-state index contributed by atoms with van der Waals surface area (Å²) in [5.41, 5.74) is 2.84. The average molecular weight is 578 g/mol. The largest absolute Gasteiger partial charge is 0.339 e. The Kier molecular flexibility index (Phi) is 9.38. The van der Waals surface area contributed by atoms with Crippen LogP contribution in [0.2, 0.25) is 0 Å². The molecule has 0 radical (unpaired) electrons. The number of aryl methyl sites for hydroxylation is 2. The highest BCUT2D eigenvalue weighted by Crippen LogP contribution is 2.42. The number of anilines is 1. The van der Waals surface area contributed by atoms with Crippen molar-refractivity contribution in [2.75, 3.05) is 5.32 Å². The molecule has 2 aliphatic carbocycles. The number of amides is 2. The summed E-state index contributed by atoms with van der Waals surface area (Å²) in [5.74, 6) is -0.561. The van der Waals surface area contributed by atoms with Crippen LogP contribution in [-0.2, 0) is 4.79 Å². The number of hydrogen-bond donors (Lipinski definition) is 3. The number of aromatic nitrogens is 5. The number of carbonyl (C=O) groups excluding carboxylic acids is 2. The first-order chi connectivity index (χ1) is 20.2. The lowest BCUT2D eigenvalue weighted by molar-refractivity contribution is -0.121. The van der Waals surface area contributed by atoms with Crippen LogP contribution in [-0.4, -0.2) is 42.8 Å². The van der Waals surface area contributed by atoms with E-state index in [1.54, 1.807) is 29.1 Å². The molecule has 0 aromatic carbocycles. The molecular formula is C32H44FN7O2. The fourth-order valence-electron chi connectivity index (χ4n) is 7.27. The maximum atomic E-state index is 15.3. The minimum absolute atomic E-state index is 0.00583. The van der Waals surface area contributed by atoms with Crippen molar-refractivity contribution in [2.24, 2.45) is 17.8 Å². The summed E-state index contributed by atoms with van der Waals surface area (Å²) >= 11 is 0. The van der Waals surface area contributed by atoms with Gasteiger partial charge in [0, 0.05) is 29.1 Å². The molecule has 10 heteroatoms. The number of carbonyl (C=O) groups is 2. The summed E-state index contributed by atoms with van der Waals surface area (Å²) in [5, 5.41) is 17.4. The molecule has 2 fully saturated rings. The van der Waals surface area contributed by atoms with Crippen LogP contribution in [0.15, 0.2) is 24.4 Å². The van der Waals surface area contributed by atoms with Crippen LogP contribution in [0.4, 0.5) is 10.2 Å². The maximum absolute atomic E-state index is 15.3.